The van der Waals surface area contributed by atoms with Crippen molar-refractivity contribution in [2.45, 2.75) is 6.54 Å². The highest BCUT2D eigenvalue weighted by Gasteiger charge is 2.04. The van der Waals surface area contributed by atoms with Crippen LogP contribution in [-0.2, 0) is 11.3 Å². The molecule has 1 heterocycles. The molecule has 2 N–H and O–H groups in total. The topological polar surface area (TPSA) is 66.9 Å². The maximum atomic E-state index is 11.7. The molecule has 1 aromatic carbocycles. The van der Waals surface area contributed by atoms with Crippen LogP contribution in [-0.4, -0.2) is 22.6 Å². The lowest BCUT2D eigenvalue weighted by Gasteiger charge is -2.07. The molecule has 0 fully saturated rings. The highest BCUT2D eigenvalue weighted by atomic mass is 79.9. The Labute approximate surface area is 119 Å². The molecule has 0 unspecified atom stereocenters. The van der Waals surface area contributed by atoms with E-state index in [1.807, 2.05) is 36.4 Å². The van der Waals surface area contributed by atoms with E-state index in [2.05, 4.69) is 36.8 Å². The smallest absolute Gasteiger partial charge is 0.238 e. The van der Waals surface area contributed by atoms with Gasteiger partial charge in [0.2, 0.25) is 5.91 Å². The van der Waals surface area contributed by atoms with Gasteiger partial charge >= 0.3 is 0 Å². The molecule has 19 heavy (non-hydrogen) atoms. The van der Waals surface area contributed by atoms with Gasteiger partial charge in [-0.05, 0) is 40.2 Å². The standard InChI is InChI=1S/C13H13BrN4O/c14-11-5-1-2-6-12(11)17-13(19)9-15-8-10-4-3-7-16-18-10/h1-7,15H,8-9H2,(H,17,19). The van der Waals surface area contributed by atoms with E-state index in [9.17, 15) is 4.79 Å². The highest BCUT2D eigenvalue weighted by Crippen LogP contribution is 2.20. The molecule has 0 radical (unpaired) electrons. The molecule has 0 aliphatic heterocycles. The molecule has 0 aliphatic carbocycles. The van der Waals surface area contributed by atoms with E-state index in [0.29, 0.717) is 6.54 Å². The van der Waals surface area contributed by atoms with Gasteiger partial charge in [-0.15, -0.1) is 0 Å². The van der Waals surface area contributed by atoms with Gasteiger partial charge in [0.25, 0.3) is 0 Å². The average molecular weight is 321 g/mol. The maximum Gasteiger partial charge on any atom is 0.238 e. The molecular weight excluding hydrogens is 308 g/mol. The van der Waals surface area contributed by atoms with Crippen LogP contribution < -0.4 is 10.6 Å². The number of nitrogens with one attached hydrogen (secondary N) is 2. The lowest BCUT2D eigenvalue weighted by atomic mass is 10.3. The van der Waals surface area contributed by atoms with Gasteiger partial charge in [-0.1, -0.05) is 12.1 Å². The zero-order chi connectivity index (χ0) is 13.5. The van der Waals surface area contributed by atoms with Crippen LogP contribution in [0, 0.1) is 0 Å². The Morgan fingerprint density at radius 3 is 2.79 bits per heavy atom. The molecule has 6 heteroatoms. The first-order chi connectivity index (χ1) is 9.25. The third kappa shape index (κ3) is 4.42. The van der Waals surface area contributed by atoms with Crippen molar-refractivity contribution in [3.8, 4) is 0 Å². The summed E-state index contributed by atoms with van der Waals surface area (Å²) in [4.78, 5) is 11.7. The van der Waals surface area contributed by atoms with Crippen LogP contribution in [0.25, 0.3) is 0 Å². The van der Waals surface area contributed by atoms with Gasteiger partial charge in [-0.3, -0.25) is 4.79 Å². The number of hydrogen-bond donors (Lipinski definition) is 2. The maximum absolute atomic E-state index is 11.7. The van der Waals surface area contributed by atoms with Crippen LogP contribution in [0.5, 0.6) is 0 Å². The monoisotopic (exact) mass is 320 g/mol. The van der Waals surface area contributed by atoms with Crippen molar-refractivity contribution in [3.63, 3.8) is 0 Å². The average Bonchev–Trinajstić information content (AvgIpc) is 2.43. The first-order valence-electron chi connectivity index (χ1n) is 5.77. The number of carbonyl (C=O) groups excluding carboxylic acids is 1. The van der Waals surface area contributed by atoms with Crippen molar-refractivity contribution < 1.29 is 4.79 Å². The first-order valence-corrected chi connectivity index (χ1v) is 6.56. The van der Waals surface area contributed by atoms with Crippen LogP contribution in [0.15, 0.2) is 47.1 Å². The number of carbonyl (C=O) groups is 1. The molecule has 0 spiro atoms. The largest absolute Gasteiger partial charge is 0.324 e. The summed E-state index contributed by atoms with van der Waals surface area (Å²) in [5.74, 6) is -0.101. The molecule has 2 aromatic rings. The van der Waals surface area contributed by atoms with Crippen LogP contribution >= 0.6 is 15.9 Å². The minimum absolute atomic E-state index is 0.101. The Bertz CT molecular complexity index is 547. The molecule has 0 saturated heterocycles. The first kappa shape index (κ1) is 13.6. The number of halogens is 1. The summed E-state index contributed by atoms with van der Waals surface area (Å²) in [5.41, 5.74) is 1.56. The van der Waals surface area contributed by atoms with Crippen LogP contribution in [0.2, 0.25) is 0 Å². The number of rotatable bonds is 5. The Hall–Kier alpha value is -1.79. The Morgan fingerprint density at radius 2 is 2.05 bits per heavy atom. The summed E-state index contributed by atoms with van der Waals surface area (Å²) in [6, 6.07) is 11.1. The predicted octanol–water partition coefficient (Wildman–Crippen LogP) is 1.97. The molecule has 0 saturated carbocycles. The third-order valence-electron chi connectivity index (χ3n) is 2.37. The van der Waals surface area contributed by atoms with E-state index in [4.69, 9.17) is 0 Å². The molecule has 1 aromatic heterocycles. The number of nitrogens with zero attached hydrogens (tertiary/aromatic N) is 2. The van der Waals surface area contributed by atoms with Gasteiger partial charge in [0.1, 0.15) is 0 Å². The van der Waals surface area contributed by atoms with Crippen molar-refractivity contribution in [3.05, 3.63) is 52.8 Å². The van der Waals surface area contributed by atoms with Gasteiger partial charge in [0, 0.05) is 17.2 Å². The Balaban J connectivity index is 1.78. The molecule has 0 aliphatic rings. The summed E-state index contributed by atoms with van der Waals surface area (Å²) in [5, 5.41) is 13.5. The minimum atomic E-state index is -0.101. The van der Waals surface area contributed by atoms with Crippen molar-refractivity contribution >= 4 is 27.5 Å². The zero-order valence-corrected chi connectivity index (χ0v) is 11.7. The summed E-state index contributed by atoms with van der Waals surface area (Å²) in [6.07, 6.45) is 1.61. The fourth-order valence-corrected chi connectivity index (χ4v) is 1.87. The fourth-order valence-electron chi connectivity index (χ4n) is 1.49. The second-order valence-corrected chi connectivity index (χ2v) is 4.70. The number of anilines is 1. The van der Waals surface area contributed by atoms with E-state index in [1.54, 1.807) is 6.20 Å². The summed E-state index contributed by atoms with van der Waals surface area (Å²) < 4.78 is 0.859. The van der Waals surface area contributed by atoms with E-state index < -0.39 is 0 Å². The lowest BCUT2D eigenvalue weighted by molar-refractivity contribution is -0.115. The van der Waals surface area contributed by atoms with E-state index in [-0.39, 0.29) is 12.5 Å². The molecule has 98 valence electrons. The van der Waals surface area contributed by atoms with E-state index in [0.717, 1.165) is 15.9 Å². The van der Waals surface area contributed by atoms with E-state index >= 15 is 0 Å². The van der Waals surface area contributed by atoms with Crippen molar-refractivity contribution in [2.24, 2.45) is 0 Å². The Morgan fingerprint density at radius 1 is 1.21 bits per heavy atom. The van der Waals surface area contributed by atoms with Gasteiger partial charge in [-0.25, -0.2) is 0 Å². The quantitative estimate of drug-likeness (QED) is 0.883. The molecular formula is C13H13BrN4O. The molecule has 0 bridgehead atoms. The second-order valence-electron chi connectivity index (χ2n) is 3.85. The van der Waals surface area contributed by atoms with Crippen molar-refractivity contribution in [1.82, 2.24) is 15.5 Å². The van der Waals surface area contributed by atoms with E-state index in [1.165, 1.54) is 0 Å². The third-order valence-corrected chi connectivity index (χ3v) is 3.06. The summed E-state index contributed by atoms with van der Waals surface area (Å²) in [6.45, 7) is 0.731. The van der Waals surface area contributed by atoms with Crippen LogP contribution in [0.4, 0.5) is 5.69 Å². The zero-order valence-electron chi connectivity index (χ0n) is 10.1. The van der Waals surface area contributed by atoms with Gasteiger partial charge in [-0.2, -0.15) is 10.2 Å². The number of aromatic nitrogens is 2. The van der Waals surface area contributed by atoms with Gasteiger partial charge in [0.05, 0.1) is 17.9 Å². The molecule has 5 nitrogen and oxygen atoms in total. The predicted molar refractivity (Wildman–Crippen MR) is 76.5 cm³/mol. The van der Waals surface area contributed by atoms with Crippen LogP contribution in [0.1, 0.15) is 5.69 Å². The van der Waals surface area contributed by atoms with Gasteiger partial charge in [0.15, 0.2) is 0 Å². The molecule has 2 rings (SSSR count). The normalized spacial score (nSPS) is 10.2. The Kier molecular flexibility index (Phi) is 5.00. The summed E-state index contributed by atoms with van der Waals surface area (Å²) in [7, 11) is 0. The number of benzene rings is 1. The minimum Gasteiger partial charge on any atom is -0.324 e. The van der Waals surface area contributed by atoms with Crippen molar-refractivity contribution in [2.75, 3.05) is 11.9 Å². The van der Waals surface area contributed by atoms with Crippen molar-refractivity contribution in [1.29, 1.82) is 0 Å². The fraction of sp³-hybridized carbons (Fsp3) is 0.154. The lowest BCUT2D eigenvalue weighted by Crippen LogP contribution is -2.28. The second kappa shape index (κ2) is 6.96. The summed E-state index contributed by atoms with van der Waals surface area (Å²) >= 11 is 3.38. The molecule has 1 amide bonds. The number of para-hydroxylation sites is 1. The van der Waals surface area contributed by atoms with Gasteiger partial charge < -0.3 is 10.6 Å². The number of hydrogen-bond acceptors (Lipinski definition) is 4. The highest BCUT2D eigenvalue weighted by molar-refractivity contribution is 9.10. The SMILES string of the molecule is O=C(CNCc1cccnn1)Nc1ccccc1Br. The molecule has 0 atom stereocenters. The van der Waals surface area contributed by atoms with Crippen LogP contribution in [0.3, 0.4) is 0 Å². The number of amides is 1.